The lowest BCUT2D eigenvalue weighted by atomic mass is 10.2. The minimum absolute atomic E-state index is 0.0630. The highest BCUT2D eigenvalue weighted by atomic mass is 16.5. The van der Waals surface area contributed by atoms with E-state index in [4.69, 9.17) is 10.5 Å². The van der Waals surface area contributed by atoms with Crippen LogP contribution in [-0.2, 0) is 9.53 Å². The molecule has 1 rings (SSSR count). The molecule has 1 saturated heterocycles. The van der Waals surface area contributed by atoms with Crippen molar-refractivity contribution in [1.82, 2.24) is 4.90 Å². The van der Waals surface area contributed by atoms with Crippen molar-refractivity contribution >= 4 is 5.91 Å². The molecule has 2 N–H and O–H groups in total. The van der Waals surface area contributed by atoms with Crippen molar-refractivity contribution in [2.24, 2.45) is 5.73 Å². The van der Waals surface area contributed by atoms with Crippen LogP contribution in [0.1, 0.15) is 19.8 Å². The second-order valence-corrected chi connectivity index (χ2v) is 3.31. The molecule has 13 heavy (non-hydrogen) atoms. The molecule has 0 saturated carbocycles. The van der Waals surface area contributed by atoms with Crippen LogP contribution in [0.4, 0.5) is 0 Å². The number of rotatable bonds is 2. The van der Waals surface area contributed by atoms with E-state index in [2.05, 4.69) is 0 Å². The van der Waals surface area contributed by atoms with Crippen LogP contribution in [0.2, 0.25) is 0 Å². The zero-order valence-corrected chi connectivity index (χ0v) is 8.16. The molecule has 0 radical (unpaired) electrons. The standard InChI is InChI=1S/C9H18N2O2/c1-2-8(10)9(12)11-4-3-6-13-7-5-11/h8H,2-7,10H2,1H3/t8-/m1/s1. The van der Waals surface area contributed by atoms with Crippen LogP contribution < -0.4 is 5.73 Å². The van der Waals surface area contributed by atoms with E-state index in [0.29, 0.717) is 19.6 Å². The Morgan fingerprint density at radius 2 is 2.31 bits per heavy atom. The normalized spacial score (nSPS) is 20.9. The first kappa shape index (κ1) is 10.5. The summed E-state index contributed by atoms with van der Waals surface area (Å²) in [6, 6.07) is -0.335. The van der Waals surface area contributed by atoms with Crippen LogP contribution in [-0.4, -0.2) is 43.2 Å². The number of carbonyl (C=O) groups is 1. The Bertz CT molecular complexity index is 165. The summed E-state index contributed by atoms with van der Waals surface area (Å²) in [4.78, 5) is 13.4. The van der Waals surface area contributed by atoms with Crippen molar-refractivity contribution in [3.05, 3.63) is 0 Å². The largest absolute Gasteiger partial charge is 0.380 e. The Balaban J connectivity index is 2.43. The van der Waals surface area contributed by atoms with Gasteiger partial charge in [-0.05, 0) is 12.8 Å². The van der Waals surface area contributed by atoms with Crippen molar-refractivity contribution in [1.29, 1.82) is 0 Å². The second-order valence-electron chi connectivity index (χ2n) is 3.31. The van der Waals surface area contributed by atoms with Crippen molar-refractivity contribution in [3.63, 3.8) is 0 Å². The number of carbonyl (C=O) groups excluding carboxylic acids is 1. The lowest BCUT2D eigenvalue weighted by Crippen LogP contribution is -2.44. The molecule has 4 nitrogen and oxygen atoms in total. The van der Waals surface area contributed by atoms with Crippen LogP contribution in [0.3, 0.4) is 0 Å². The van der Waals surface area contributed by atoms with Crippen molar-refractivity contribution in [2.45, 2.75) is 25.8 Å². The fraction of sp³-hybridized carbons (Fsp3) is 0.889. The van der Waals surface area contributed by atoms with Crippen molar-refractivity contribution in [3.8, 4) is 0 Å². The first-order valence-electron chi connectivity index (χ1n) is 4.87. The van der Waals surface area contributed by atoms with Crippen LogP contribution in [0.15, 0.2) is 0 Å². The lowest BCUT2D eigenvalue weighted by Gasteiger charge is -2.22. The molecular formula is C9H18N2O2. The molecule has 0 aromatic rings. The summed E-state index contributed by atoms with van der Waals surface area (Å²) in [5, 5.41) is 0. The van der Waals surface area contributed by atoms with Gasteiger partial charge in [-0.15, -0.1) is 0 Å². The van der Waals surface area contributed by atoms with Crippen LogP contribution in [0, 0.1) is 0 Å². The Labute approximate surface area is 79.0 Å². The van der Waals surface area contributed by atoms with Gasteiger partial charge in [0.15, 0.2) is 0 Å². The molecule has 1 aliphatic heterocycles. The summed E-state index contributed by atoms with van der Waals surface area (Å²) in [7, 11) is 0. The number of ether oxygens (including phenoxy) is 1. The molecule has 1 heterocycles. The first-order valence-corrected chi connectivity index (χ1v) is 4.87. The molecule has 76 valence electrons. The number of nitrogens with two attached hydrogens (primary N) is 1. The third kappa shape index (κ3) is 2.97. The van der Waals surface area contributed by atoms with Gasteiger partial charge in [-0.1, -0.05) is 6.92 Å². The number of nitrogens with zero attached hydrogens (tertiary/aromatic N) is 1. The average Bonchev–Trinajstić information content (AvgIpc) is 2.43. The molecule has 4 heteroatoms. The summed E-state index contributed by atoms with van der Waals surface area (Å²) >= 11 is 0. The number of amides is 1. The molecule has 0 aliphatic carbocycles. The lowest BCUT2D eigenvalue weighted by molar-refractivity contribution is -0.132. The number of hydrogen-bond acceptors (Lipinski definition) is 3. The van der Waals surface area contributed by atoms with Gasteiger partial charge in [0.1, 0.15) is 0 Å². The van der Waals surface area contributed by atoms with E-state index in [1.165, 1.54) is 0 Å². The zero-order chi connectivity index (χ0) is 9.68. The quantitative estimate of drug-likeness (QED) is 0.659. The summed E-state index contributed by atoms with van der Waals surface area (Å²) in [6.07, 6.45) is 1.62. The molecule has 1 aliphatic rings. The average molecular weight is 186 g/mol. The van der Waals surface area contributed by atoms with E-state index < -0.39 is 0 Å². The molecular weight excluding hydrogens is 168 g/mol. The molecule has 0 spiro atoms. The van der Waals surface area contributed by atoms with E-state index in [1.54, 1.807) is 4.90 Å². The predicted octanol–water partition coefficient (Wildman–Crippen LogP) is -0.0274. The maximum absolute atomic E-state index is 11.6. The van der Waals surface area contributed by atoms with Gasteiger partial charge in [0.05, 0.1) is 12.6 Å². The van der Waals surface area contributed by atoms with E-state index in [9.17, 15) is 4.79 Å². The molecule has 0 unspecified atom stereocenters. The fourth-order valence-corrected chi connectivity index (χ4v) is 1.38. The second kappa shape index (κ2) is 5.19. The van der Waals surface area contributed by atoms with Crippen LogP contribution in [0.25, 0.3) is 0 Å². The maximum atomic E-state index is 11.6. The SMILES string of the molecule is CC[C@@H](N)C(=O)N1CCCOCC1. The highest BCUT2D eigenvalue weighted by Gasteiger charge is 2.20. The van der Waals surface area contributed by atoms with Crippen LogP contribution >= 0.6 is 0 Å². The van der Waals surface area contributed by atoms with Gasteiger partial charge in [-0.3, -0.25) is 4.79 Å². The van der Waals surface area contributed by atoms with Crippen molar-refractivity contribution < 1.29 is 9.53 Å². The Morgan fingerprint density at radius 3 is 3.00 bits per heavy atom. The predicted molar refractivity (Wildman–Crippen MR) is 50.3 cm³/mol. The molecule has 1 fully saturated rings. The van der Waals surface area contributed by atoms with Gasteiger partial charge >= 0.3 is 0 Å². The minimum Gasteiger partial charge on any atom is -0.380 e. The highest BCUT2D eigenvalue weighted by molar-refractivity contribution is 5.81. The Hall–Kier alpha value is -0.610. The van der Waals surface area contributed by atoms with Gasteiger partial charge < -0.3 is 15.4 Å². The molecule has 0 bridgehead atoms. The number of hydrogen-bond donors (Lipinski definition) is 1. The van der Waals surface area contributed by atoms with Gasteiger partial charge in [-0.2, -0.15) is 0 Å². The van der Waals surface area contributed by atoms with Gasteiger partial charge in [0.2, 0.25) is 5.91 Å². The van der Waals surface area contributed by atoms with Gasteiger partial charge in [0.25, 0.3) is 0 Å². The van der Waals surface area contributed by atoms with E-state index in [-0.39, 0.29) is 11.9 Å². The first-order chi connectivity index (χ1) is 6.25. The zero-order valence-electron chi connectivity index (χ0n) is 8.16. The Kier molecular flexibility index (Phi) is 4.18. The fourth-order valence-electron chi connectivity index (χ4n) is 1.38. The third-order valence-corrected chi connectivity index (χ3v) is 2.29. The summed E-state index contributed by atoms with van der Waals surface area (Å²) in [6.45, 7) is 4.79. The summed E-state index contributed by atoms with van der Waals surface area (Å²) in [5.74, 6) is 0.0630. The molecule has 1 atom stereocenters. The highest BCUT2D eigenvalue weighted by Crippen LogP contribution is 2.02. The van der Waals surface area contributed by atoms with Gasteiger partial charge in [0, 0.05) is 19.7 Å². The monoisotopic (exact) mass is 186 g/mol. The molecule has 1 amide bonds. The van der Waals surface area contributed by atoms with E-state index >= 15 is 0 Å². The smallest absolute Gasteiger partial charge is 0.239 e. The van der Waals surface area contributed by atoms with E-state index in [1.807, 2.05) is 6.92 Å². The topological polar surface area (TPSA) is 55.6 Å². The Morgan fingerprint density at radius 1 is 1.54 bits per heavy atom. The van der Waals surface area contributed by atoms with Crippen molar-refractivity contribution in [2.75, 3.05) is 26.3 Å². The minimum atomic E-state index is -0.335. The van der Waals surface area contributed by atoms with E-state index in [0.717, 1.165) is 19.6 Å². The van der Waals surface area contributed by atoms with Crippen LogP contribution in [0.5, 0.6) is 0 Å². The van der Waals surface area contributed by atoms with Gasteiger partial charge in [-0.25, -0.2) is 0 Å². The third-order valence-electron chi connectivity index (χ3n) is 2.29. The maximum Gasteiger partial charge on any atom is 0.239 e. The summed E-state index contributed by atoms with van der Waals surface area (Å²) < 4.78 is 5.25. The molecule has 0 aromatic carbocycles. The summed E-state index contributed by atoms with van der Waals surface area (Å²) in [5.41, 5.74) is 5.67. The molecule has 0 aromatic heterocycles.